The van der Waals surface area contributed by atoms with Crippen molar-refractivity contribution in [3.05, 3.63) is 87.4 Å². The van der Waals surface area contributed by atoms with E-state index in [-0.39, 0.29) is 28.1 Å². The first-order valence-corrected chi connectivity index (χ1v) is 10.3. The van der Waals surface area contributed by atoms with Crippen LogP contribution in [0.5, 0.6) is 17.2 Å². The molecule has 0 aliphatic carbocycles. The lowest BCUT2D eigenvalue weighted by Crippen LogP contribution is -2.48. The van der Waals surface area contributed by atoms with Crippen LogP contribution in [0.2, 0.25) is 5.02 Å². The third kappa shape index (κ3) is 4.76. The zero-order valence-electron chi connectivity index (χ0n) is 17.0. The molecule has 32 heavy (non-hydrogen) atoms. The van der Waals surface area contributed by atoms with E-state index >= 15 is 0 Å². The van der Waals surface area contributed by atoms with Gasteiger partial charge in [-0.1, -0.05) is 17.7 Å². The summed E-state index contributed by atoms with van der Waals surface area (Å²) in [4.78, 5) is 27.4. The number of phenolic OH excluding ortho intramolecular Hbond substituents is 1. The lowest BCUT2D eigenvalue weighted by molar-refractivity contribution is -0.385. The molecule has 0 unspecified atom stereocenters. The number of phenols is 1. The van der Waals surface area contributed by atoms with Crippen molar-refractivity contribution in [3.8, 4) is 17.2 Å². The van der Waals surface area contributed by atoms with Gasteiger partial charge >= 0.3 is 5.69 Å². The normalized spacial score (nSPS) is 13.7. The Hall–Kier alpha value is -3.78. The van der Waals surface area contributed by atoms with Gasteiger partial charge in [-0.05, 0) is 48.5 Å². The Morgan fingerprint density at radius 2 is 1.72 bits per heavy atom. The predicted molar refractivity (Wildman–Crippen MR) is 121 cm³/mol. The Kier molecular flexibility index (Phi) is 6.13. The summed E-state index contributed by atoms with van der Waals surface area (Å²) in [5.41, 5.74) is 1.20. The van der Waals surface area contributed by atoms with Crippen molar-refractivity contribution in [1.29, 1.82) is 0 Å². The smallest absolute Gasteiger partial charge is 0.313 e. The summed E-state index contributed by atoms with van der Waals surface area (Å²) in [6, 6.07) is 17.7. The standard InChI is InChI=1S/C23H20ClN3O5/c24-17-6-9-22(21(14-17)27(30)31)32-20-7-4-16(5-8-20)23(29)26-12-10-25(11-13-26)18-2-1-3-19(28)15-18/h1-9,14-15,28H,10-13H2. The molecule has 0 saturated carbocycles. The largest absolute Gasteiger partial charge is 0.508 e. The number of piperazine rings is 1. The van der Waals surface area contributed by atoms with Crippen LogP contribution in [0, 0.1) is 10.1 Å². The third-order valence-corrected chi connectivity index (χ3v) is 5.44. The number of rotatable bonds is 5. The minimum atomic E-state index is -0.560. The number of nitrogens with zero attached hydrogens (tertiary/aromatic N) is 3. The summed E-state index contributed by atoms with van der Waals surface area (Å²) in [5.74, 6) is 0.569. The highest BCUT2D eigenvalue weighted by molar-refractivity contribution is 6.30. The van der Waals surface area contributed by atoms with E-state index in [0.29, 0.717) is 37.5 Å². The molecule has 1 aliphatic rings. The molecule has 0 bridgehead atoms. The summed E-state index contributed by atoms with van der Waals surface area (Å²) in [6.07, 6.45) is 0. The molecule has 0 aromatic heterocycles. The molecule has 1 aliphatic heterocycles. The predicted octanol–water partition coefficient (Wildman–Crippen LogP) is 4.71. The monoisotopic (exact) mass is 453 g/mol. The molecule has 0 spiro atoms. The van der Waals surface area contributed by atoms with Crippen molar-refractivity contribution < 1.29 is 19.6 Å². The third-order valence-electron chi connectivity index (χ3n) is 5.21. The highest BCUT2D eigenvalue weighted by Gasteiger charge is 2.23. The van der Waals surface area contributed by atoms with Crippen LogP contribution in [0.15, 0.2) is 66.7 Å². The number of anilines is 1. The molecule has 1 amide bonds. The van der Waals surface area contributed by atoms with Crippen molar-refractivity contribution in [3.63, 3.8) is 0 Å². The van der Waals surface area contributed by atoms with Crippen LogP contribution in [0.1, 0.15) is 10.4 Å². The number of carbonyl (C=O) groups excluding carboxylic acids is 1. The molecule has 8 nitrogen and oxygen atoms in total. The number of nitro groups is 1. The zero-order chi connectivity index (χ0) is 22.7. The van der Waals surface area contributed by atoms with Crippen LogP contribution >= 0.6 is 11.6 Å². The van der Waals surface area contributed by atoms with Crippen molar-refractivity contribution >= 4 is 28.9 Å². The van der Waals surface area contributed by atoms with Crippen LogP contribution < -0.4 is 9.64 Å². The molecule has 9 heteroatoms. The van der Waals surface area contributed by atoms with Gasteiger partial charge in [0.2, 0.25) is 5.75 Å². The Balaban J connectivity index is 1.39. The van der Waals surface area contributed by atoms with E-state index in [1.807, 2.05) is 6.07 Å². The molecule has 0 atom stereocenters. The maximum Gasteiger partial charge on any atom is 0.313 e. The fourth-order valence-electron chi connectivity index (χ4n) is 3.55. The molecule has 3 aromatic carbocycles. The quantitative estimate of drug-likeness (QED) is 0.444. The molecule has 1 saturated heterocycles. The summed E-state index contributed by atoms with van der Waals surface area (Å²) < 4.78 is 5.63. The van der Waals surface area contributed by atoms with Gasteiger partial charge < -0.3 is 19.6 Å². The van der Waals surface area contributed by atoms with Gasteiger partial charge in [-0.3, -0.25) is 14.9 Å². The second-order valence-electron chi connectivity index (χ2n) is 7.29. The molecule has 1 heterocycles. The van der Waals surface area contributed by atoms with Crippen LogP contribution in [0.4, 0.5) is 11.4 Å². The van der Waals surface area contributed by atoms with E-state index in [1.54, 1.807) is 47.4 Å². The van der Waals surface area contributed by atoms with E-state index in [4.69, 9.17) is 16.3 Å². The molecule has 0 radical (unpaired) electrons. The van der Waals surface area contributed by atoms with E-state index < -0.39 is 4.92 Å². The highest BCUT2D eigenvalue weighted by atomic mass is 35.5. The van der Waals surface area contributed by atoms with Crippen LogP contribution in [-0.2, 0) is 0 Å². The van der Waals surface area contributed by atoms with Crippen molar-refractivity contribution in [2.75, 3.05) is 31.1 Å². The fraction of sp³-hybridized carbons (Fsp3) is 0.174. The van der Waals surface area contributed by atoms with Gasteiger partial charge in [0.1, 0.15) is 11.5 Å². The number of benzene rings is 3. The van der Waals surface area contributed by atoms with Crippen LogP contribution in [-0.4, -0.2) is 47.0 Å². The molecule has 164 valence electrons. The van der Waals surface area contributed by atoms with Crippen molar-refractivity contribution in [2.45, 2.75) is 0 Å². The maximum absolute atomic E-state index is 12.9. The first-order valence-electron chi connectivity index (χ1n) is 9.96. The average Bonchev–Trinajstić information content (AvgIpc) is 2.80. The summed E-state index contributed by atoms with van der Waals surface area (Å²) in [7, 11) is 0. The molecule has 1 N–H and O–H groups in total. The molecule has 4 rings (SSSR count). The van der Waals surface area contributed by atoms with E-state index in [0.717, 1.165) is 5.69 Å². The van der Waals surface area contributed by atoms with Gasteiger partial charge in [-0.2, -0.15) is 0 Å². The average molecular weight is 454 g/mol. The van der Waals surface area contributed by atoms with E-state index in [2.05, 4.69) is 4.90 Å². The maximum atomic E-state index is 12.9. The lowest BCUT2D eigenvalue weighted by Gasteiger charge is -2.36. The SMILES string of the molecule is O=C(c1ccc(Oc2ccc(Cl)cc2[N+](=O)[O-])cc1)N1CCN(c2cccc(O)c2)CC1. The molecular formula is C23H20ClN3O5. The number of hydrogen-bond acceptors (Lipinski definition) is 6. The van der Waals surface area contributed by atoms with Gasteiger partial charge in [-0.15, -0.1) is 0 Å². The van der Waals surface area contributed by atoms with E-state index in [1.165, 1.54) is 18.2 Å². The Morgan fingerprint density at radius 3 is 2.38 bits per heavy atom. The summed E-state index contributed by atoms with van der Waals surface area (Å²) in [6.45, 7) is 2.45. The topological polar surface area (TPSA) is 96.1 Å². The number of halogens is 1. The number of nitro benzene ring substituents is 1. The number of aromatic hydroxyl groups is 1. The van der Waals surface area contributed by atoms with Crippen LogP contribution in [0.25, 0.3) is 0 Å². The van der Waals surface area contributed by atoms with Crippen molar-refractivity contribution in [2.24, 2.45) is 0 Å². The van der Waals surface area contributed by atoms with Gasteiger partial charge in [0, 0.05) is 54.6 Å². The van der Waals surface area contributed by atoms with Crippen LogP contribution in [0.3, 0.4) is 0 Å². The summed E-state index contributed by atoms with van der Waals surface area (Å²) >= 11 is 5.83. The number of hydrogen-bond donors (Lipinski definition) is 1. The highest BCUT2D eigenvalue weighted by Crippen LogP contribution is 2.33. The van der Waals surface area contributed by atoms with Gasteiger partial charge in [-0.25, -0.2) is 0 Å². The van der Waals surface area contributed by atoms with E-state index in [9.17, 15) is 20.0 Å². The Labute approximate surface area is 189 Å². The first-order chi connectivity index (χ1) is 15.4. The Morgan fingerprint density at radius 1 is 1.00 bits per heavy atom. The molecule has 1 fully saturated rings. The fourth-order valence-corrected chi connectivity index (χ4v) is 3.72. The van der Waals surface area contributed by atoms with Gasteiger partial charge in [0.15, 0.2) is 0 Å². The Bertz CT molecular complexity index is 1140. The minimum absolute atomic E-state index is 0.0709. The van der Waals surface area contributed by atoms with Crippen molar-refractivity contribution in [1.82, 2.24) is 4.90 Å². The molecular weight excluding hydrogens is 434 g/mol. The van der Waals surface area contributed by atoms with Gasteiger partial charge in [0.25, 0.3) is 5.91 Å². The summed E-state index contributed by atoms with van der Waals surface area (Å²) in [5, 5.41) is 21.1. The second-order valence-corrected chi connectivity index (χ2v) is 7.73. The minimum Gasteiger partial charge on any atom is -0.508 e. The van der Waals surface area contributed by atoms with Gasteiger partial charge in [0.05, 0.1) is 4.92 Å². The first kappa shape index (κ1) is 21.5. The zero-order valence-corrected chi connectivity index (χ0v) is 17.7. The number of amides is 1. The number of carbonyl (C=O) groups is 1. The second kappa shape index (κ2) is 9.15. The number of ether oxygens (including phenoxy) is 1. The lowest BCUT2D eigenvalue weighted by atomic mass is 10.1. The molecule has 3 aromatic rings.